The van der Waals surface area contributed by atoms with E-state index in [1.807, 2.05) is 54.6 Å². The number of nitrogens with one attached hydrogen (secondary N) is 2. The quantitative estimate of drug-likeness (QED) is 0.308. The van der Waals surface area contributed by atoms with Crippen LogP contribution in [0.15, 0.2) is 79.0 Å². The van der Waals surface area contributed by atoms with E-state index in [9.17, 15) is 14.7 Å². The fourth-order valence-electron chi connectivity index (χ4n) is 4.44. The summed E-state index contributed by atoms with van der Waals surface area (Å²) in [7, 11) is 0. The number of amides is 2. The summed E-state index contributed by atoms with van der Waals surface area (Å²) in [6.45, 7) is 3.99. The Balaban J connectivity index is 1.18. The molecule has 3 aromatic carbocycles. The average molecular weight is 543 g/mol. The van der Waals surface area contributed by atoms with Crippen LogP contribution in [0.4, 0.5) is 23.0 Å². The van der Waals surface area contributed by atoms with Crippen molar-refractivity contribution in [1.82, 2.24) is 14.9 Å². The summed E-state index contributed by atoms with van der Waals surface area (Å²) >= 11 is 5.99. The molecule has 5 rings (SSSR count). The Morgan fingerprint density at radius 1 is 0.897 bits per heavy atom. The number of phenols is 1. The van der Waals surface area contributed by atoms with Gasteiger partial charge in [-0.3, -0.25) is 9.59 Å². The lowest BCUT2D eigenvalue weighted by molar-refractivity contribution is -0.114. The van der Waals surface area contributed by atoms with E-state index in [1.54, 1.807) is 17.2 Å². The van der Waals surface area contributed by atoms with Gasteiger partial charge in [-0.15, -0.1) is 0 Å². The molecule has 198 valence electrons. The van der Waals surface area contributed by atoms with Gasteiger partial charge in [0.25, 0.3) is 5.91 Å². The van der Waals surface area contributed by atoms with E-state index in [0.29, 0.717) is 42.7 Å². The van der Waals surface area contributed by atoms with Crippen LogP contribution in [0.3, 0.4) is 0 Å². The fraction of sp³-hybridized carbons (Fsp3) is 0.172. The third-order valence-electron chi connectivity index (χ3n) is 6.34. The maximum absolute atomic E-state index is 12.8. The Morgan fingerprint density at radius 2 is 1.59 bits per heavy atom. The maximum Gasteiger partial charge on any atom is 0.254 e. The van der Waals surface area contributed by atoms with Crippen LogP contribution in [0.1, 0.15) is 17.3 Å². The van der Waals surface area contributed by atoms with Crippen LogP contribution in [-0.2, 0) is 4.79 Å². The van der Waals surface area contributed by atoms with Crippen LogP contribution in [0.2, 0.25) is 5.02 Å². The SMILES string of the molecule is CC(=O)Nc1ccc(-c2ccnc(Nc3ccc(N4CCN(C(=O)c5cc(O)cc(Cl)c5)CC4)cc3)n2)cc1. The second-order valence-electron chi connectivity index (χ2n) is 9.17. The predicted octanol–water partition coefficient (Wildman–Crippen LogP) is 5.17. The van der Waals surface area contributed by atoms with Gasteiger partial charge < -0.3 is 25.5 Å². The number of phenolic OH excluding ortho intramolecular Hbond substituents is 1. The molecular weight excluding hydrogens is 516 g/mol. The van der Waals surface area contributed by atoms with E-state index in [-0.39, 0.29) is 17.6 Å². The van der Waals surface area contributed by atoms with Crippen molar-refractivity contribution in [2.75, 3.05) is 41.7 Å². The first-order chi connectivity index (χ1) is 18.8. The minimum Gasteiger partial charge on any atom is -0.508 e. The summed E-state index contributed by atoms with van der Waals surface area (Å²) in [5.41, 5.74) is 4.70. The molecule has 0 aliphatic carbocycles. The number of nitrogens with zero attached hydrogens (tertiary/aromatic N) is 4. The molecule has 1 saturated heterocycles. The highest BCUT2D eigenvalue weighted by atomic mass is 35.5. The number of aromatic nitrogens is 2. The molecule has 2 heterocycles. The number of carbonyl (C=O) groups excluding carboxylic acids is 2. The minimum atomic E-state index is -0.141. The zero-order valence-corrected chi connectivity index (χ0v) is 22.0. The zero-order valence-electron chi connectivity index (χ0n) is 21.3. The molecule has 0 unspecified atom stereocenters. The van der Waals surface area contributed by atoms with Crippen LogP contribution in [0.5, 0.6) is 5.75 Å². The molecule has 0 bridgehead atoms. The van der Waals surface area contributed by atoms with Crippen LogP contribution >= 0.6 is 11.6 Å². The summed E-state index contributed by atoms with van der Waals surface area (Å²) in [4.78, 5) is 37.0. The van der Waals surface area contributed by atoms with E-state index >= 15 is 0 Å². The predicted molar refractivity (Wildman–Crippen MR) is 153 cm³/mol. The third-order valence-corrected chi connectivity index (χ3v) is 6.56. The molecule has 1 aliphatic heterocycles. The Hall–Kier alpha value is -4.63. The number of benzene rings is 3. The molecule has 39 heavy (non-hydrogen) atoms. The lowest BCUT2D eigenvalue weighted by Gasteiger charge is -2.36. The minimum absolute atomic E-state index is 0.0207. The van der Waals surface area contributed by atoms with E-state index in [0.717, 1.165) is 28.3 Å². The number of rotatable bonds is 6. The first kappa shape index (κ1) is 26.0. The van der Waals surface area contributed by atoms with E-state index in [1.165, 1.54) is 19.1 Å². The van der Waals surface area contributed by atoms with E-state index in [2.05, 4.69) is 25.5 Å². The summed E-state index contributed by atoms with van der Waals surface area (Å²) in [6.07, 6.45) is 1.70. The van der Waals surface area contributed by atoms with Crippen LogP contribution in [0, 0.1) is 0 Å². The van der Waals surface area contributed by atoms with Crippen molar-refractivity contribution >= 4 is 46.4 Å². The Bertz CT molecular complexity index is 1470. The first-order valence-corrected chi connectivity index (χ1v) is 12.8. The number of halogens is 1. The van der Waals surface area contributed by atoms with Gasteiger partial charge in [0.1, 0.15) is 5.75 Å². The van der Waals surface area contributed by atoms with Crippen molar-refractivity contribution < 1.29 is 14.7 Å². The van der Waals surface area contributed by atoms with Gasteiger partial charge in [-0.2, -0.15) is 0 Å². The number of hydrogen-bond donors (Lipinski definition) is 3. The number of hydrogen-bond acceptors (Lipinski definition) is 7. The van der Waals surface area contributed by atoms with Crippen molar-refractivity contribution in [2.45, 2.75) is 6.92 Å². The monoisotopic (exact) mass is 542 g/mol. The van der Waals surface area contributed by atoms with Gasteiger partial charge in [-0.05, 0) is 60.7 Å². The first-order valence-electron chi connectivity index (χ1n) is 12.5. The average Bonchev–Trinajstić information content (AvgIpc) is 2.93. The van der Waals surface area contributed by atoms with E-state index < -0.39 is 0 Å². The number of anilines is 4. The highest BCUT2D eigenvalue weighted by Gasteiger charge is 2.23. The maximum atomic E-state index is 12.8. The van der Waals surface area contributed by atoms with Crippen LogP contribution < -0.4 is 15.5 Å². The van der Waals surface area contributed by atoms with Gasteiger partial charge in [-0.1, -0.05) is 23.7 Å². The lowest BCUT2D eigenvalue weighted by atomic mass is 10.1. The van der Waals surface area contributed by atoms with Crippen LogP contribution in [0.25, 0.3) is 11.3 Å². The van der Waals surface area contributed by atoms with Gasteiger partial charge in [0.15, 0.2) is 0 Å². The molecule has 0 saturated carbocycles. The van der Waals surface area contributed by atoms with Crippen molar-refractivity contribution in [3.63, 3.8) is 0 Å². The van der Waals surface area contributed by atoms with Crippen molar-refractivity contribution in [2.24, 2.45) is 0 Å². The molecule has 0 spiro atoms. The Labute approximate surface area is 231 Å². The largest absolute Gasteiger partial charge is 0.508 e. The molecule has 3 N–H and O–H groups in total. The number of carbonyl (C=O) groups is 2. The van der Waals surface area contributed by atoms with Crippen molar-refractivity contribution in [3.8, 4) is 17.0 Å². The Morgan fingerprint density at radius 3 is 2.26 bits per heavy atom. The van der Waals surface area contributed by atoms with Gasteiger partial charge in [-0.25, -0.2) is 9.97 Å². The highest BCUT2D eigenvalue weighted by molar-refractivity contribution is 6.31. The zero-order chi connectivity index (χ0) is 27.4. The van der Waals surface area contributed by atoms with Crippen LogP contribution in [-0.4, -0.2) is 58.0 Å². The van der Waals surface area contributed by atoms with Crippen molar-refractivity contribution in [1.29, 1.82) is 0 Å². The molecular formula is C29H27ClN6O3. The number of piperazine rings is 1. The second kappa shape index (κ2) is 11.4. The molecule has 1 fully saturated rings. The standard InChI is InChI=1S/C29H27ClN6O3/c1-19(37)32-23-4-2-20(3-5-23)27-10-11-31-29(34-27)33-24-6-8-25(9-7-24)35-12-14-36(15-13-35)28(39)21-16-22(30)18-26(38)17-21/h2-11,16-18,38H,12-15H2,1H3,(H,32,37)(H,31,33,34). The van der Waals surface area contributed by atoms with Gasteiger partial charge in [0.05, 0.1) is 5.69 Å². The van der Waals surface area contributed by atoms with Gasteiger partial charge in [0, 0.05) is 72.5 Å². The summed E-state index contributed by atoms with van der Waals surface area (Å²) in [5.74, 6) is 0.200. The molecule has 0 atom stereocenters. The normalized spacial score (nSPS) is 13.2. The van der Waals surface area contributed by atoms with Gasteiger partial charge in [0.2, 0.25) is 11.9 Å². The Kier molecular flexibility index (Phi) is 7.60. The summed E-state index contributed by atoms with van der Waals surface area (Å²) < 4.78 is 0. The lowest BCUT2D eigenvalue weighted by Crippen LogP contribution is -2.48. The number of aromatic hydroxyl groups is 1. The summed E-state index contributed by atoms with van der Waals surface area (Å²) in [5, 5.41) is 16.1. The molecule has 0 radical (unpaired) electrons. The van der Waals surface area contributed by atoms with Crippen molar-refractivity contribution in [3.05, 3.63) is 89.6 Å². The molecule has 10 heteroatoms. The van der Waals surface area contributed by atoms with E-state index in [4.69, 9.17) is 11.6 Å². The van der Waals surface area contributed by atoms with Gasteiger partial charge >= 0.3 is 0 Å². The highest BCUT2D eigenvalue weighted by Crippen LogP contribution is 2.25. The topological polar surface area (TPSA) is 111 Å². The smallest absolute Gasteiger partial charge is 0.254 e. The molecule has 2 amide bonds. The molecule has 4 aromatic rings. The molecule has 9 nitrogen and oxygen atoms in total. The third kappa shape index (κ3) is 6.45. The molecule has 1 aliphatic rings. The molecule has 1 aromatic heterocycles. The second-order valence-corrected chi connectivity index (χ2v) is 9.61. The summed E-state index contributed by atoms with van der Waals surface area (Å²) in [6, 6.07) is 21.7. The fourth-order valence-corrected chi connectivity index (χ4v) is 4.67.